The number of likely N-dealkylation sites (N-methyl/N-ethyl adjacent to an activating group) is 1. The Morgan fingerprint density at radius 2 is 1.68 bits per heavy atom. The lowest BCUT2D eigenvalue weighted by Crippen LogP contribution is -2.26. The van der Waals surface area contributed by atoms with E-state index in [-0.39, 0.29) is 6.10 Å². The summed E-state index contributed by atoms with van der Waals surface area (Å²) in [6, 6.07) is 9.24. The summed E-state index contributed by atoms with van der Waals surface area (Å²) in [5, 5.41) is 3.49. The Labute approximate surface area is 118 Å². The molecule has 0 bridgehead atoms. The van der Waals surface area contributed by atoms with Gasteiger partial charge in [-0.2, -0.15) is 0 Å². The van der Waals surface area contributed by atoms with Gasteiger partial charge in [0.25, 0.3) is 0 Å². The second-order valence-corrected chi connectivity index (χ2v) is 5.83. The zero-order chi connectivity index (χ0) is 14.3. The Morgan fingerprint density at radius 3 is 2.16 bits per heavy atom. The van der Waals surface area contributed by atoms with Gasteiger partial charge in [-0.25, -0.2) is 0 Å². The minimum Gasteiger partial charge on any atom is -0.377 e. The number of nitrogens with one attached hydrogen (secondary N) is 1. The first-order valence-electron chi connectivity index (χ1n) is 7.46. The Bertz CT molecular complexity index is 343. The first-order valence-corrected chi connectivity index (χ1v) is 7.46. The molecule has 0 aliphatic rings. The van der Waals surface area contributed by atoms with Gasteiger partial charge in [0, 0.05) is 0 Å². The summed E-state index contributed by atoms with van der Waals surface area (Å²) < 4.78 is 5.74. The van der Waals surface area contributed by atoms with Gasteiger partial charge in [-0.1, -0.05) is 45.0 Å². The summed E-state index contributed by atoms with van der Waals surface area (Å²) in [5.41, 5.74) is 2.73. The highest BCUT2D eigenvalue weighted by Crippen LogP contribution is 2.17. The lowest BCUT2D eigenvalue weighted by Gasteiger charge is -2.20. The van der Waals surface area contributed by atoms with Crippen molar-refractivity contribution in [2.45, 2.75) is 53.2 Å². The molecule has 1 atom stereocenters. The van der Waals surface area contributed by atoms with Gasteiger partial charge in [-0.3, -0.25) is 0 Å². The van der Waals surface area contributed by atoms with Crippen molar-refractivity contribution < 1.29 is 4.74 Å². The van der Waals surface area contributed by atoms with Crippen molar-refractivity contribution in [2.75, 3.05) is 13.2 Å². The lowest BCUT2D eigenvalue weighted by molar-refractivity contribution is 0.0614. The van der Waals surface area contributed by atoms with Gasteiger partial charge in [0.15, 0.2) is 0 Å². The van der Waals surface area contributed by atoms with Crippen LogP contribution in [0.5, 0.6) is 0 Å². The van der Waals surface area contributed by atoms with E-state index >= 15 is 0 Å². The molecule has 0 saturated heterocycles. The Morgan fingerprint density at radius 1 is 1.05 bits per heavy atom. The van der Waals surface area contributed by atoms with E-state index in [1.54, 1.807) is 0 Å². The van der Waals surface area contributed by atoms with Crippen molar-refractivity contribution in [3.63, 3.8) is 0 Å². The molecule has 0 radical (unpaired) electrons. The van der Waals surface area contributed by atoms with Crippen LogP contribution in [0.2, 0.25) is 0 Å². The predicted octanol–water partition coefficient (Wildman–Crippen LogP) is 3.96. The van der Waals surface area contributed by atoms with E-state index in [2.05, 4.69) is 64.2 Å². The number of rotatable bonds is 8. The predicted molar refractivity (Wildman–Crippen MR) is 82.5 cm³/mol. The number of hydrogen-bond donors (Lipinski definition) is 1. The van der Waals surface area contributed by atoms with E-state index in [0.717, 1.165) is 19.6 Å². The van der Waals surface area contributed by atoms with Crippen LogP contribution in [0.4, 0.5) is 0 Å². The highest BCUT2D eigenvalue weighted by molar-refractivity contribution is 5.25. The smallest absolute Gasteiger partial charge is 0.0664 e. The highest BCUT2D eigenvalue weighted by atomic mass is 16.5. The maximum Gasteiger partial charge on any atom is 0.0664 e. The van der Waals surface area contributed by atoms with Crippen LogP contribution in [-0.4, -0.2) is 19.3 Å². The van der Waals surface area contributed by atoms with Gasteiger partial charge in [0.1, 0.15) is 0 Å². The third-order valence-corrected chi connectivity index (χ3v) is 3.07. The topological polar surface area (TPSA) is 21.3 Å². The molecule has 19 heavy (non-hydrogen) atoms. The van der Waals surface area contributed by atoms with Gasteiger partial charge >= 0.3 is 0 Å². The molecule has 0 aromatic heterocycles. The van der Waals surface area contributed by atoms with Crippen LogP contribution in [0.25, 0.3) is 0 Å². The third-order valence-electron chi connectivity index (χ3n) is 3.07. The minimum absolute atomic E-state index is 0.279. The molecule has 0 aliphatic heterocycles. The molecule has 0 heterocycles. The van der Waals surface area contributed by atoms with Gasteiger partial charge < -0.3 is 10.1 Å². The van der Waals surface area contributed by atoms with Crippen LogP contribution >= 0.6 is 0 Å². The summed E-state index contributed by atoms with van der Waals surface area (Å²) in [7, 11) is 0. The second kappa shape index (κ2) is 8.34. The molecule has 2 nitrogen and oxygen atoms in total. The first kappa shape index (κ1) is 16.2. The van der Waals surface area contributed by atoms with Crippen LogP contribution in [0.15, 0.2) is 24.3 Å². The quantitative estimate of drug-likeness (QED) is 0.766. The van der Waals surface area contributed by atoms with E-state index in [4.69, 9.17) is 4.74 Å². The normalized spacial score (nSPS) is 13.2. The largest absolute Gasteiger partial charge is 0.377 e. The molecule has 1 unspecified atom stereocenters. The van der Waals surface area contributed by atoms with Crippen LogP contribution in [0.1, 0.15) is 51.8 Å². The molecule has 108 valence electrons. The van der Waals surface area contributed by atoms with Gasteiger partial charge in [-0.15, -0.1) is 0 Å². The average Bonchev–Trinajstić information content (AvgIpc) is 2.34. The van der Waals surface area contributed by atoms with Gasteiger partial charge in [0.05, 0.1) is 18.8 Å². The van der Waals surface area contributed by atoms with Crippen molar-refractivity contribution in [3.05, 3.63) is 35.4 Å². The van der Waals surface area contributed by atoms with Crippen LogP contribution in [0.3, 0.4) is 0 Å². The summed E-state index contributed by atoms with van der Waals surface area (Å²) in [6.07, 6.45) is 1.43. The van der Waals surface area contributed by atoms with E-state index in [9.17, 15) is 0 Å². The fraction of sp³-hybridized carbons (Fsp3) is 0.647. The molecule has 0 saturated carbocycles. The molecule has 1 aromatic rings. The first-order chi connectivity index (χ1) is 9.02. The van der Waals surface area contributed by atoms with Crippen molar-refractivity contribution in [1.82, 2.24) is 5.32 Å². The standard InChI is InChI=1S/C17H29NO/c1-6-18-17(12-19-14(4)5)16-9-7-15(8-10-16)11-13(2)3/h7-10,13-14,17-18H,6,11-12H2,1-5H3. The number of benzene rings is 1. The molecule has 0 aliphatic carbocycles. The van der Waals surface area contributed by atoms with Crippen LogP contribution in [0, 0.1) is 5.92 Å². The molecule has 1 rings (SSSR count). The summed E-state index contributed by atoms with van der Waals surface area (Å²) in [6.45, 7) is 12.5. The summed E-state index contributed by atoms with van der Waals surface area (Å²) in [4.78, 5) is 0. The molecule has 0 amide bonds. The SMILES string of the molecule is CCNC(COC(C)C)c1ccc(CC(C)C)cc1. The minimum atomic E-state index is 0.279. The molecule has 1 aromatic carbocycles. The van der Waals surface area contributed by atoms with E-state index in [1.807, 2.05) is 0 Å². The van der Waals surface area contributed by atoms with Crippen molar-refractivity contribution in [2.24, 2.45) is 5.92 Å². The Balaban J connectivity index is 2.67. The zero-order valence-electron chi connectivity index (χ0n) is 13.1. The molecular weight excluding hydrogens is 234 g/mol. The summed E-state index contributed by atoms with van der Waals surface area (Å²) in [5.74, 6) is 0.708. The van der Waals surface area contributed by atoms with E-state index in [1.165, 1.54) is 11.1 Å². The number of hydrogen-bond acceptors (Lipinski definition) is 2. The molecule has 0 spiro atoms. The van der Waals surface area contributed by atoms with Crippen LogP contribution < -0.4 is 5.32 Å². The molecule has 2 heteroatoms. The summed E-state index contributed by atoms with van der Waals surface area (Å²) >= 11 is 0. The van der Waals surface area contributed by atoms with Crippen molar-refractivity contribution >= 4 is 0 Å². The van der Waals surface area contributed by atoms with Crippen molar-refractivity contribution in [3.8, 4) is 0 Å². The lowest BCUT2D eigenvalue weighted by atomic mass is 9.99. The highest BCUT2D eigenvalue weighted by Gasteiger charge is 2.11. The fourth-order valence-electron chi connectivity index (χ4n) is 2.17. The monoisotopic (exact) mass is 263 g/mol. The Hall–Kier alpha value is -0.860. The molecular formula is C17H29NO. The zero-order valence-corrected chi connectivity index (χ0v) is 13.1. The fourth-order valence-corrected chi connectivity index (χ4v) is 2.17. The van der Waals surface area contributed by atoms with Gasteiger partial charge in [-0.05, 0) is 43.9 Å². The van der Waals surface area contributed by atoms with Gasteiger partial charge in [0.2, 0.25) is 0 Å². The second-order valence-electron chi connectivity index (χ2n) is 5.83. The van der Waals surface area contributed by atoms with E-state index < -0.39 is 0 Å². The maximum atomic E-state index is 5.74. The molecule has 1 N–H and O–H groups in total. The van der Waals surface area contributed by atoms with Crippen LogP contribution in [-0.2, 0) is 11.2 Å². The third kappa shape index (κ3) is 6.22. The van der Waals surface area contributed by atoms with E-state index in [0.29, 0.717) is 12.0 Å². The number of ether oxygens (including phenoxy) is 1. The molecule has 0 fully saturated rings. The maximum absolute atomic E-state index is 5.74. The Kier molecular flexibility index (Phi) is 7.11. The average molecular weight is 263 g/mol. The van der Waals surface area contributed by atoms with Crippen molar-refractivity contribution in [1.29, 1.82) is 0 Å².